The van der Waals surface area contributed by atoms with E-state index in [0.29, 0.717) is 16.3 Å². The predicted molar refractivity (Wildman–Crippen MR) is 78.2 cm³/mol. The lowest BCUT2D eigenvalue weighted by molar-refractivity contribution is -0.400. The van der Waals surface area contributed by atoms with Crippen LogP contribution >= 0.6 is 11.6 Å². The first kappa shape index (κ1) is 15.0. The Morgan fingerprint density at radius 3 is 2.57 bits per heavy atom. The van der Waals surface area contributed by atoms with Gasteiger partial charge in [0.15, 0.2) is 0 Å². The Morgan fingerprint density at radius 1 is 1.24 bits per heavy atom. The van der Waals surface area contributed by atoms with E-state index in [1.165, 1.54) is 18.2 Å². The molecule has 21 heavy (non-hydrogen) atoms. The summed E-state index contributed by atoms with van der Waals surface area (Å²) < 4.78 is 19.0. The summed E-state index contributed by atoms with van der Waals surface area (Å²) in [5.41, 5.74) is 0.958. The quantitative estimate of drug-likeness (QED) is 0.611. The summed E-state index contributed by atoms with van der Waals surface area (Å²) in [6, 6.07) is 11.1. The van der Waals surface area contributed by atoms with Gasteiger partial charge in [0.25, 0.3) is 0 Å². The molecule has 0 atom stereocenters. The molecule has 0 aliphatic carbocycles. The van der Waals surface area contributed by atoms with Crippen molar-refractivity contribution < 1.29 is 14.1 Å². The first-order valence-electron chi connectivity index (χ1n) is 6.04. The minimum absolute atomic E-state index is 0.00951. The van der Waals surface area contributed by atoms with E-state index in [1.54, 1.807) is 30.3 Å². The minimum Gasteiger partial charge on any atom is -0.489 e. The molecule has 2 rings (SSSR count). The van der Waals surface area contributed by atoms with Gasteiger partial charge in [-0.05, 0) is 29.8 Å². The first-order chi connectivity index (χ1) is 10.1. The first-order valence-corrected chi connectivity index (χ1v) is 6.41. The largest absolute Gasteiger partial charge is 0.489 e. The van der Waals surface area contributed by atoms with E-state index in [-0.39, 0.29) is 12.2 Å². The van der Waals surface area contributed by atoms with Crippen LogP contribution in [0.4, 0.5) is 4.39 Å². The van der Waals surface area contributed by atoms with Gasteiger partial charge in [0.2, 0.25) is 6.20 Å². The second kappa shape index (κ2) is 6.85. The maximum Gasteiger partial charge on any atom is 0.235 e. The average molecular weight is 308 g/mol. The molecule has 0 fully saturated rings. The zero-order valence-corrected chi connectivity index (χ0v) is 11.6. The second-order valence-corrected chi connectivity index (χ2v) is 4.57. The van der Waals surface area contributed by atoms with E-state index >= 15 is 0 Å². The Morgan fingerprint density at radius 2 is 1.95 bits per heavy atom. The van der Waals surface area contributed by atoms with Crippen LogP contribution in [0, 0.1) is 15.9 Å². The van der Waals surface area contributed by atoms with Crippen LogP contribution in [0.15, 0.2) is 48.7 Å². The van der Waals surface area contributed by atoms with Gasteiger partial charge in [0.05, 0.1) is 9.95 Å². The molecule has 0 amide bonds. The molecule has 0 spiro atoms. The Balaban J connectivity index is 2.02. The van der Waals surface area contributed by atoms with Crippen molar-refractivity contribution in [1.29, 1.82) is 0 Å². The van der Waals surface area contributed by atoms with Gasteiger partial charge < -0.3 is 4.74 Å². The molecule has 0 heterocycles. The number of halogens is 2. The summed E-state index contributed by atoms with van der Waals surface area (Å²) in [6.07, 6.45) is 2.23. The number of hydrogen-bond acceptors (Lipinski definition) is 3. The molecule has 0 aliphatic heterocycles. The molecular weight excluding hydrogens is 297 g/mol. The van der Waals surface area contributed by atoms with Gasteiger partial charge in [0, 0.05) is 11.6 Å². The SMILES string of the molecule is O=[N+]([O-])C=Cc1ccc(OCc2c(F)cccc2Cl)cc1. The fraction of sp³-hybridized carbons (Fsp3) is 0.0667. The highest BCUT2D eigenvalue weighted by Gasteiger charge is 2.07. The molecule has 0 saturated heterocycles. The Hall–Kier alpha value is -2.40. The van der Waals surface area contributed by atoms with Crippen molar-refractivity contribution in [2.45, 2.75) is 6.61 Å². The van der Waals surface area contributed by atoms with E-state index in [1.807, 2.05) is 0 Å². The van der Waals surface area contributed by atoms with Gasteiger partial charge in [-0.2, -0.15) is 0 Å². The molecule has 2 aromatic rings. The highest BCUT2D eigenvalue weighted by molar-refractivity contribution is 6.31. The van der Waals surface area contributed by atoms with Crippen molar-refractivity contribution in [3.8, 4) is 5.75 Å². The normalized spacial score (nSPS) is 10.8. The fourth-order valence-electron chi connectivity index (χ4n) is 1.65. The summed E-state index contributed by atoms with van der Waals surface area (Å²) >= 11 is 5.90. The third-order valence-corrected chi connectivity index (χ3v) is 3.07. The molecule has 0 radical (unpaired) electrons. The lowest BCUT2D eigenvalue weighted by Crippen LogP contribution is -1.99. The third-order valence-electron chi connectivity index (χ3n) is 2.71. The van der Waals surface area contributed by atoms with Gasteiger partial charge in [-0.15, -0.1) is 0 Å². The number of ether oxygens (including phenoxy) is 1. The monoisotopic (exact) mass is 307 g/mol. The molecule has 6 heteroatoms. The maximum absolute atomic E-state index is 13.6. The maximum atomic E-state index is 13.6. The van der Waals surface area contributed by atoms with Gasteiger partial charge >= 0.3 is 0 Å². The van der Waals surface area contributed by atoms with Gasteiger partial charge in [-0.25, -0.2) is 4.39 Å². The predicted octanol–water partition coefficient (Wildman–Crippen LogP) is 4.31. The van der Waals surface area contributed by atoms with Crippen LogP contribution in [-0.4, -0.2) is 4.92 Å². The molecular formula is C15H11ClFNO3. The van der Waals surface area contributed by atoms with E-state index in [2.05, 4.69) is 0 Å². The second-order valence-electron chi connectivity index (χ2n) is 4.16. The van der Waals surface area contributed by atoms with Crippen molar-refractivity contribution >= 4 is 17.7 Å². The number of rotatable bonds is 5. The zero-order chi connectivity index (χ0) is 15.2. The topological polar surface area (TPSA) is 52.4 Å². The summed E-state index contributed by atoms with van der Waals surface area (Å²) in [4.78, 5) is 9.67. The van der Waals surface area contributed by atoms with Crippen LogP contribution in [0.25, 0.3) is 6.08 Å². The molecule has 0 unspecified atom stereocenters. The molecule has 4 nitrogen and oxygen atoms in total. The van der Waals surface area contributed by atoms with Crippen LogP contribution in [0.5, 0.6) is 5.75 Å². The van der Waals surface area contributed by atoms with Crippen LogP contribution in [0.3, 0.4) is 0 Å². The van der Waals surface area contributed by atoms with E-state index in [4.69, 9.17) is 16.3 Å². The molecule has 0 aromatic heterocycles. The average Bonchev–Trinajstić information content (AvgIpc) is 2.46. The van der Waals surface area contributed by atoms with E-state index < -0.39 is 10.7 Å². The summed E-state index contributed by atoms with van der Waals surface area (Å²) in [5.74, 6) is 0.0978. The smallest absolute Gasteiger partial charge is 0.235 e. The highest BCUT2D eigenvalue weighted by Crippen LogP contribution is 2.21. The number of nitrogens with zero attached hydrogens (tertiary/aromatic N) is 1. The Kier molecular flexibility index (Phi) is 4.90. The zero-order valence-electron chi connectivity index (χ0n) is 10.8. The van der Waals surface area contributed by atoms with E-state index in [9.17, 15) is 14.5 Å². The van der Waals surface area contributed by atoms with Crippen LogP contribution in [0.1, 0.15) is 11.1 Å². The van der Waals surface area contributed by atoms with Gasteiger partial charge in [0.1, 0.15) is 18.2 Å². The van der Waals surface area contributed by atoms with Crippen LogP contribution in [-0.2, 0) is 6.61 Å². The van der Waals surface area contributed by atoms with Crippen LogP contribution in [0.2, 0.25) is 5.02 Å². The molecule has 0 bridgehead atoms. The Labute approximate surface area is 125 Å². The van der Waals surface area contributed by atoms with Crippen molar-refractivity contribution in [1.82, 2.24) is 0 Å². The molecule has 0 saturated carbocycles. The van der Waals surface area contributed by atoms with Crippen molar-refractivity contribution in [2.24, 2.45) is 0 Å². The van der Waals surface area contributed by atoms with Gasteiger partial charge in [-0.1, -0.05) is 29.8 Å². The lowest BCUT2D eigenvalue weighted by atomic mass is 10.2. The summed E-state index contributed by atoms with van der Waals surface area (Å²) in [7, 11) is 0. The molecule has 2 aromatic carbocycles. The van der Waals surface area contributed by atoms with Gasteiger partial charge in [-0.3, -0.25) is 10.1 Å². The standard InChI is InChI=1S/C15H11ClFNO3/c16-14-2-1-3-15(17)13(14)10-21-12-6-4-11(5-7-12)8-9-18(19)20/h1-9H,10H2. The molecule has 0 N–H and O–H groups in total. The van der Waals surface area contributed by atoms with Crippen molar-refractivity contribution in [3.05, 3.63) is 80.7 Å². The summed E-state index contributed by atoms with van der Waals surface area (Å²) in [6.45, 7) is 0.00951. The lowest BCUT2D eigenvalue weighted by Gasteiger charge is -2.08. The fourth-order valence-corrected chi connectivity index (χ4v) is 1.87. The number of benzene rings is 2. The molecule has 108 valence electrons. The number of hydrogen-bond donors (Lipinski definition) is 0. The Bertz CT molecular complexity index is 651. The summed E-state index contributed by atoms with van der Waals surface area (Å²) in [5, 5.41) is 10.5. The number of nitro groups is 1. The van der Waals surface area contributed by atoms with Crippen molar-refractivity contribution in [3.63, 3.8) is 0 Å². The highest BCUT2D eigenvalue weighted by atomic mass is 35.5. The molecule has 0 aliphatic rings. The van der Waals surface area contributed by atoms with Crippen molar-refractivity contribution in [2.75, 3.05) is 0 Å². The third kappa shape index (κ3) is 4.29. The van der Waals surface area contributed by atoms with Crippen LogP contribution < -0.4 is 4.74 Å². The van der Waals surface area contributed by atoms with E-state index in [0.717, 1.165) is 6.20 Å². The minimum atomic E-state index is -0.537.